The molecule has 3 aromatic rings. The van der Waals surface area contributed by atoms with E-state index in [2.05, 4.69) is 0 Å². The fraction of sp³-hybridized carbons (Fsp3) is 0.355. The molecule has 1 saturated carbocycles. The summed E-state index contributed by atoms with van der Waals surface area (Å²) < 4.78 is 90.9. The van der Waals surface area contributed by atoms with E-state index in [9.17, 15) is 36.6 Å². The largest absolute Gasteiger partial charge is 0.505 e. The van der Waals surface area contributed by atoms with Crippen LogP contribution in [0.3, 0.4) is 0 Å². The Hall–Kier alpha value is -3.62. The zero-order valence-corrected chi connectivity index (χ0v) is 21.5. The van der Waals surface area contributed by atoms with Crippen molar-refractivity contribution in [1.82, 2.24) is 0 Å². The Morgan fingerprint density at radius 2 is 1.15 bits per heavy atom. The quantitative estimate of drug-likeness (QED) is 0.296. The molecular formula is C31H28F6O3. The second-order valence-corrected chi connectivity index (χ2v) is 10.6. The molecule has 1 atom stereocenters. The molecule has 40 heavy (non-hydrogen) atoms. The third-order valence-electron chi connectivity index (χ3n) is 8.29. The van der Waals surface area contributed by atoms with E-state index in [1.165, 1.54) is 12.1 Å². The first-order valence-corrected chi connectivity index (χ1v) is 13.3. The molecule has 0 bridgehead atoms. The van der Waals surface area contributed by atoms with Crippen molar-refractivity contribution in [3.8, 4) is 28.4 Å². The van der Waals surface area contributed by atoms with Gasteiger partial charge in [-0.05, 0) is 105 Å². The van der Waals surface area contributed by atoms with Gasteiger partial charge in [-0.15, -0.1) is 0 Å². The molecule has 2 aliphatic carbocycles. The van der Waals surface area contributed by atoms with Gasteiger partial charge < -0.3 is 14.9 Å². The average molecular weight is 563 g/mol. The first-order chi connectivity index (χ1) is 19.2. The number of ether oxygens (including phenoxy) is 1. The third-order valence-corrected chi connectivity index (χ3v) is 8.29. The van der Waals surface area contributed by atoms with Gasteiger partial charge in [-0.3, -0.25) is 0 Å². The van der Waals surface area contributed by atoms with E-state index in [4.69, 9.17) is 4.74 Å². The van der Waals surface area contributed by atoms with Gasteiger partial charge in [-0.1, -0.05) is 6.08 Å². The lowest BCUT2D eigenvalue weighted by Gasteiger charge is -2.35. The Bertz CT molecular complexity index is 1450. The van der Waals surface area contributed by atoms with Crippen LogP contribution in [0.25, 0.3) is 16.7 Å². The maximum Gasteiger partial charge on any atom is 0.201 e. The molecule has 3 nitrogen and oxygen atoms in total. The summed E-state index contributed by atoms with van der Waals surface area (Å²) in [6, 6.07) is 6.69. The summed E-state index contributed by atoms with van der Waals surface area (Å²) in [5.74, 6) is -8.88. The van der Waals surface area contributed by atoms with Crippen LogP contribution in [0.15, 0.2) is 42.5 Å². The third kappa shape index (κ3) is 5.38. The molecule has 3 aromatic carbocycles. The van der Waals surface area contributed by atoms with Crippen LogP contribution in [0.4, 0.5) is 26.3 Å². The van der Waals surface area contributed by atoms with Crippen molar-refractivity contribution in [2.75, 3.05) is 6.61 Å². The van der Waals surface area contributed by atoms with Crippen molar-refractivity contribution in [2.45, 2.75) is 44.9 Å². The number of phenols is 2. The maximum absolute atomic E-state index is 14.7. The van der Waals surface area contributed by atoms with Gasteiger partial charge in [0.15, 0.2) is 34.7 Å². The zero-order valence-electron chi connectivity index (χ0n) is 21.5. The normalized spacial score (nSPS) is 21.2. The minimum Gasteiger partial charge on any atom is -0.505 e. The molecule has 0 saturated heterocycles. The molecule has 9 heteroatoms. The number of halogens is 6. The lowest BCUT2D eigenvalue weighted by Crippen LogP contribution is -2.25. The molecule has 1 unspecified atom stereocenters. The standard InChI is InChI=1S/C31H28F6O3/c32-26-20(9-12-23(38)29(26)35)19-7-5-18(6-8-19)17-3-1-16(2-4-17)15-40-25-14-11-22(28(34)31(25)37)21-10-13-24(39)30(36)27(21)33/h7,9-14,16-18,38-39H,1-6,8,15H2. The Balaban J connectivity index is 1.15. The van der Waals surface area contributed by atoms with Gasteiger partial charge in [0, 0.05) is 16.7 Å². The van der Waals surface area contributed by atoms with Crippen molar-refractivity contribution in [3.05, 3.63) is 82.9 Å². The highest BCUT2D eigenvalue weighted by Crippen LogP contribution is 2.42. The number of aromatic hydroxyl groups is 2. The predicted octanol–water partition coefficient (Wildman–Crippen LogP) is 8.67. The van der Waals surface area contributed by atoms with Crippen molar-refractivity contribution < 1.29 is 41.3 Å². The Morgan fingerprint density at radius 1 is 0.600 bits per heavy atom. The molecule has 2 N–H and O–H groups in total. The van der Waals surface area contributed by atoms with Gasteiger partial charge in [0.2, 0.25) is 17.5 Å². The minimum absolute atomic E-state index is 0.144. The number of benzene rings is 3. The second kappa shape index (κ2) is 11.5. The highest BCUT2D eigenvalue weighted by Gasteiger charge is 2.30. The molecule has 1 fully saturated rings. The number of hydrogen-bond acceptors (Lipinski definition) is 3. The molecule has 0 amide bonds. The number of allylic oxidation sites excluding steroid dienone is 2. The van der Waals surface area contributed by atoms with Crippen molar-refractivity contribution in [1.29, 1.82) is 0 Å². The fourth-order valence-corrected chi connectivity index (χ4v) is 5.95. The second-order valence-electron chi connectivity index (χ2n) is 10.6. The molecule has 0 aliphatic heterocycles. The number of phenolic OH excluding ortho intramolecular Hbond substituents is 2. The Kier molecular flexibility index (Phi) is 8.01. The summed E-state index contributed by atoms with van der Waals surface area (Å²) in [5, 5.41) is 18.6. The van der Waals surface area contributed by atoms with E-state index in [1.54, 1.807) is 0 Å². The van der Waals surface area contributed by atoms with Crippen LogP contribution >= 0.6 is 0 Å². The summed E-state index contributed by atoms with van der Waals surface area (Å²) in [7, 11) is 0. The topological polar surface area (TPSA) is 49.7 Å². The molecule has 2 aliphatic rings. The lowest BCUT2D eigenvalue weighted by atomic mass is 9.71. The zero-order chi connectivity index (χ0) is 28.6. The van der Waals surface area contributed by atoms with Crippen LogP contribution in [0, 0.1) is 52.7 Å². The number of hydrogen-bond donors (Lipinski definition) is 2. The fourth-order valence-electron chi connectivity index (χ4n) is 5.95. The minimum atomic E-state index is -1.54. The van der Waals surface area contributed by atoms with E-state index in [0.717, 1.165) is 68.4 Å². The molecular weight excluding hydrogens is 534 g/mol. The van der Waals surface area contributed by atoms with Crippen molar-refractivity contribution in [3.63, 3.8) is 0 Å². The average Bonchev–Trinajstić information content (AvgIpc) is 2.96. The van der Waals surface area contributed by atoms with E-state index in [1.807, 2.05) is 6.08 Å². The monoisotopic (exact) mass is 562 g/mol. The van der Waals surface area contributed by atoms with Crippen LogP contribution < -0.4 is 4.74 Å². The van der Waals surface area contributed by atoms with Crippen LogP contribution in [-0.4, -0.2) is 16.8 Å². The molecule has 212 valence electrons. The molecule has 0 heterocycles. The molecule has 0 radical (unpaired) electrons. The van der Waals surface area contributed by atoms with E-state index in [-0.39, 0.29) is 23.8 Å². The van der Waals surface area contributed by atoms with Crippen LogP contribution in [0.2, 0.25) is 0 Å². The van der Waals surface area contributed by atoms with Gasteiger partial charge in [0.1, 0.15) is 0 Å². The van der Waals surface area contributed by atoms with Gasteiger partial charge in [-0.2, -0.15) is 13.2 Å². The smallest absolute Gasteiger partial charge is 0.201 e. The highest BCUT2D eigenvalue weighted by molar-refractivity contribution is 5.68. The summed E-state index contributed by atoms with van der Waals surface area (Å²) in [6.45, 7) is 0.186. The summed E-state index contributed by atoms with van der Waals surface area (Å²) >= 11 is 0. The molecule has 5 rings (SSSR count). The van der Waals surface area contributed by atoms with Crippen LogP contribution in [0.5, 0.6) is 17.2 Å². The van der Waals surface area contributed by atoms with Crippen LogP contribution in [0.1, 0.15) is 50.5 Å². The number of rotatable bonds is 6. The summed E-state index contributed by atoms with van der Waals surface area (Å²) in [4.78, 5) is 0. The van der Waals surface area contributed by atoms with E-state index in [0.29, 0.717) is 18.3 Å². The summed E-state index contributed by atoms with van der Waals surface area (Å²) in [5.41, 5.74) is -0.0636. The van der Waals surface area contributed by atoms with Gasteiger partial charge in [0.05, 0.1) is 6.61 Å². The highest BCUT2D eigenvalue weighted by atomic mass is 19.2. The van der Waals surface area contributed by atoms with Crippen LogP contribution in [-0.2, 0) is 0 Å². The SMILES string of the molecule is Oc1ccc(C2=CCC(C3CCC(COc4ccc(-c5ccc(O)c(F)c5F)c(F)c4F)CC3)CC2)c(F)c1F. The molecule has 0 spiro atoms. The lowest BCUT2D eigenvalue weighted by molar-refractivity contribution is 0.146. The maximum atomic E-state index is 14.7. The van der Waals surface area contributed by atoms with Crippen molar-refractivity contribution >= 4 is 5.57 Å². The van der Waals surface area contributed by atoms with Gasteiger partial charge in [-0.25, -0.2) is 13.2 Å². The van der Waals surface area contributed by atoms with Crippen molar-refractivity contribution in [2.24, 2.45) is 17.8 Å². The predicted molar refractivity (Wildman–Crippen MR) is 138 cm³/mol. The Labute approximate surface area is 227 Å². The van der Waals surface area contributed by atoms with E-state index >= 15 is 0 Å². The summed E-state index contributed by atoms with van der Waals surface area (Å²) in [6.07, 6.45) is 7.74. The van der Waals surface area contributed by atoms with E-state index < -0.39 is 57.5 Å². The van der Waals surface area contributed by atoms with Gasteiger partial charge >= 0.3 is 0 Å². The Morgan fingerprint density at radius 3 is 1.75 bits per heavy atom. The molecule has 0 aromatic heterocycles. The van der Waals surface area contributed by atoms with Gasteiger partial charge in [0.25, 0.3) is 0 Å². The first kappa shape index (κ1) is 27.9. The first-order valence-electron chi connectivity index (χ1n) is 13.3.